The Labute approximate surface area is 116 Å². The van der Waals surface area contributed by atoms with E-state index in [4.69, 9.17) is 4.42 Å². The zero-order valence-electron chi connectivity index (χ0n) is 12.0. The van der Waals surface area contributed by atoms with Crippen LogP contribution in [-0.2, 0) is 13.1 Å². The number of rotatable bonds is 5. The molecular formula is C16H26N2O. The number of furan rings is 1. The molecule has 0 radical (unpaired) electrons. The molecule has 3 rings (SSSR count). The fourth-order valence-electron chi connectivity index (χ4n) is 3.77. The van der Waals surface area contributed by atoms with Gasteiger partial charge in [0, 0.05) is 18.2 Å². The van der Waals surface area contributed by atoms with Crippen LogP contribution in [0.4, 0.5) is 0 Å². The first kappa shape index (κ1) is 13.2. The van der Waals surface area contributed by atoms with Crippen molar-refractivity contribution >= 4 is 0 Å². The van der Waals surface area contributed by atoms with Crippen LogP contribution >= 0.6 is 0 Å². The van der Waals surface area contributed by atoms with Crippen LogP contribution in [0.25, 0.3) is 0 Å². The molecule has 0 bridgehead atoms. The fourth-order valence-corrected chi connectivity index (χ4v) is 3.77. The summed E-state index contributed by atoms with van der Waals surface area (Å²) in [5.74, 6) is 2.10. The largest absolute Gasteiger partial charge is 0.468 e. The van der Waals surface area contributed by atoms with Gasteiger partial charge in [0.1, 0.15) is 5.76 Å². The maximum Gasteiger partial charge on any atom is 0.118 e. The number of fused-ring (bicyclic) bond motifs is 1. The Morgan fingerprint density at radius 2 is 2.21 bits per heavy atom. The standard InChI is InChI=1S/C16H26N2O/c1-2-17-10-13-9-15(19-12-13)11-18-8-7-14-5-3-4-6-16(14)18/h9,12,14,16-17H,2-8,10-11H2,1H3. The Morgan fingerprint density at radius 1 is 1.32 bits per heavy atom. The molecule has 106 valence electrons. The van der Waals surface area contributed by atoms with Crippen LogP contribution in [0.1, 0.15) is 50.4 Å². The molecule has 1 aliphatic carbocycles. The molecule has 2 atom stereocenters. The van der Waals surface area contributed by atoms with Crippen molar-refractivity contribution in [3.63, 3.8) is 0 Å². The normalized spacial score (nSPS) is 27.6. The monoisotopic (exact) mass is 262 g/mol. The zero-order chi connectivity index (χ0) is 13.1. The van der Waals surface area contributed by atoms with Gasteiger partial charge in [-0.15, -0.1) is 0 Å². The van der Waals surface area contributed by atoms with Gasteiger partial charge in [0.25, 0.3) is 0 Å². The molecule has 1 saturated heterocycles. The average molecular weight is 262 g/mol. The molecule has 2 unspecified atom stereocenters. The lowest BCUT2D eigenvalue weighted by Crippen LogP contribution is -2.34. The smallest absolute Gasteiger partial charge is 0.118 e. The Balaban J connectivity index is 1.57. The van der Waals surface area contributed by atoms with E-state index in [1.165, 1.54) is 44.2 Å². The quantitative estimate of drug-likeness (QED) is 0.883. The summed E-state index contributed by atoms with van der Waals surface area (Å²) in [6.07, 6.45) is 9.02. The summed E-state index contributed by atoms with van der Waals surface area (Å²) in [5.41, 5.74) is 1.27. The Bertz CT molecular complexity index is 401. The molecule has 1 aromatic heterocycles. The van der Waals surface area contributed by atoms with Gasteiger partial charge in [-0.2, -0.15) is 0 Å². The van der Waals surface area contributed by atoms with Gasteiger partial charge in [0.05, 0.1) is 12.8 Å². The van der Waals surface area contributed by atoms with Crippen molar-refractivity contribution in [3.8, 4) is 0 Å². The van der Waals surface area contributed by atoms with Crippen LogP contribution in [0.3, 0.4) is 0 Å². The van der Waals surface area contributed by atoms with Crippen LogP contribution in [-0.4, -0.2) is 24.0 Å². The Hall–Kier alpha value is -0.800. The van der Waals surface area contributed by atoms with E-state index in [1.54, 1.807) is 0 Å². The summed E-state index contributed by atoms with van der Waals surface area (Å²) in [4.78, 5) is 2.65. The average Bonchev–Trinajstić information content (AvgIpc) is 3.05. The number of likely N-dealkylation sites (tertiary alicyclic amines) is 1. The molecule has 1 aromatic rings. The molecule has 2 aliphatic rings. The first-order valence-electron chi connectivity index (χ1n) is 7.88. The van der Waals surface area contributed by atoms with E-state index in [0.29, 0.717) is 0 Å². The number of nitrogens with one attached hydrogen (secondary N) is 1. The minimum absolute atomic E-state index is 0.830. The second-order valence-corrected chi connectivity index (χ2v) is 6.07. The van der Waals surface area contributed by atoms with Gasteiger partial charge in [0.2, 0.25) is 0 Å². The fraction of sp³-hybridized carbons (Fsp3) is 0.750. The summed E-state index contributed by atoms with van der Waals surface area (Å²) < 4.78 is 5.72. The van der Waals surface area contributed by atoms with Crippen molar-refractivity contribution in [2.45, 2.75) is 58.2 Å². The van der Waals surface area contributed by atoms with Crippen molar-refractivity contribution < 1.29 is 4.42 Å². The Morgan fingerprint density at radius 3 is 3.11 bits per heavy atom. The van der Waals surface area contributed by atoms with E-state index < -0.39 is 0 Å². The summed E-state index contributed by atoms with van der Waals surface area (Å²) in [7, 11) is 0. The molecule has 1 N–H and O–H groups in total. The first-order valence-corrected chi connectivity index (χ1v) is 7.88. The number of hydrogen-bond acceptors (Lipinski definition) is 3. The van der Waals surface area contributed by atoms with Gasteiger partial charge in [-0.25, -0.2) is 0 Å². The van der Waals surface area contributed by atoms with E-state index in [0.717, 1.165) is 37.4 Å². The summed E-state index contributed by atoms with van der Waals surface area (Å²) in [6, 6.07) is 3.05. The van der Waals surface area contributed by atoms with E-state index >= 15 is 0 Å². The lowest BCUT2D eigenvalue weighted by Gasteiger charge is -2.31. The molecule has 1 saturated carbocycles. The molecular weight excluding hydrogens is 236 g/mol. The van der Waals surface area contributed by atoms with Crippen molar-refractivity contribution in [1.29, 1.82) is 0 Å². The number of nitrogens with zero attached hydrogens (tertiary/aromatic N) is 1. The zero-order valence-corrected chi connectivity index (χ0v) is 12.0. The van der Waals surface area contributed by atoms with Gasteiger partial charge in [-0.05, 0) is 44.3 Å². The maximum absolute atomic E-state index is 5.72. The maximum atomic E-state index is 5.72. The summed E-state index contributed by atoms with van der Waals surface area (Å²) in [6.45, 7) is 6.34. The molecule has 1 aliphatic heterocycles. The SMILES string of the molecule is CCNCc1coc(CN2CCC3CCCCC32)c1. The predicted octanol–water partition coefficient (Wildman–Crippen LogP) is 3.15. The molecule has 2 heterocycles. The van der Waals surface area contributed by atoms with Gasteiger partial charge in [0.15, 0.2) is 0 Å². The van der Waals surface area contributed by atoms with Gasteiger partial charge in [-0.3, -0.25) is 4.90 Å². The van der Waals surface area contributed by atoms with Gasteiger partial charge in [-0.1, -0.05) is 19.8 Å². The van der Waals surface area contributed by atoms with E-state index in [1.807, 2.05) is 6.26 Å². The van der Waals surface area contributed by atoms with E-state index in [9.17, 15) is 0 Å². The van der Waals surface area contributed by atoms with Gasteiger partial charge < -0.3 is 9.73 Å². The highest BCUT2D eigenvalue weighted by Crippen LogP contribution is 2.36. The number of hydrogen-bond donors (Lipinski definition) is 1. The molecule has 0 amide bonds. The summed E-state index contributed by atoms with van der Waals surface area (Å²) >= 11 is 0. The summed E-state index contributed by atoms with van der Waals surface area (Å²) in [5, 5.41) is 3.34. The third-order valence-corrected chi connectivity index (χ3v) is 4.77. The van der Waals surface area contributed by atoms with E-state index in [-0.39, 0.29) is 0 Å². The second-order valence-electron chi connectivity index (χ2n) is 6.07. The van der Waals surface area contributed by atoms with Crippen molar-refractivity contribution in [1.82, 2.24) is 10.2 Å². The first-order chi connectivity index (χ1) is 9.36. The lowest BCUT2D eigenvalue weighted by atomic mass is 9.85. The van der Waals surface area contributed by atoms with Crippen LogP contribution in [0.2, 0.25) is 0 Å². The highest BCUT2D eigenvalue weighted by Gasteiger charge is 2.35. The van der Waals surface area contributed by atoms with Crippen LogP contribution in [0.5, 0.6) is 0 Å². The van der Waals surface area contributed by atoms with Gasteiger partial charge >= 0.3 is 0 Å². The molecule has 3 heteroatoms. The third kappa shape index (κ3) is 3.03. The van der Waals surface area contributed by atoms with Crippen LogP contribution < -0.4 is 5.32 Å². The van der Waals surface area contributed by atoms with Crippen LogP contribution in [0, 0.1) is 5.92 Å². The molecule has 3 nitrogen and oxygen atoms in total. The Kier molecular flexibility index (Phi) is 4.24. The van der Waals surface area contributed by atoms with Crippen molar-refractivity contribution in [3.05, 3.63) is 23.7 Å². The highest BCUT2D eigenvalue weighted by molar-refractivity contribution is 5.13. The minimum Gasteiger partial charge on any atom is -0.468 e. The highest BCUT2D eigenvalue weighted by atomic mass is 16.3. The molecule has 19 heavy (non-hydrogen) atoms. The van der Waals surface area contributed by atoms with Crippen LogP contribution in [0.15, 0.2) is 16.7 Å². The predicted molar refractivity (Wildman–Crippen MR) is 76.9 cm³/mol. The molecule has 0 spiro atoms. The molecule has 0 aromatic carbocycles. The second kappa shape index (κ2) is 6.10. The third-order valence-electron chi connectivity index (χ3n) is 4.77. The lowest BCUT2D eigenvalue weighted by molar-refractivity contribution is 0.165. The van der Waals surface area contributed by atoms with Crippen molar-refractivity contribution in [2.24, 2.45) is 5.92 Å². The topological polar surface area (TPSA) is 28.4 Å². The minimum atomic E-state index is 0.830. The van der Waals surface area contributed by atoms with Crippen molar-refractivity contribution in [2.75, 3.05) is 13.1 Å². The van der Waals surface area contributed by atoms with E-state index in [2.05, 4.69) is 23.2 Å². The molecule has 2 fully saturated rings.